The molecule has 0 spiro atoms. The fraction of sp³-hybridized carbons (Fsp3) is 0.118. The van der Waals surface area contributed by atoms with Crippen molar-refractivity contribution >= 4 is 22.4 Å². The molecule has 2 N–H and O–H groups in total. The van der Waals surface area contributed by atoms with E-state index in [9.17, 15) is 4.79 Å². The molecular weight excluding hydrogens is 248 g/mol. The second kappa shape index (κ2) is 4.85. The Balaban J connectivity index is 2.18. The predicted molar refractivity (Wildman–Crippen MR) is 83.3 cm³/mol. The summed E-state index contributed by atoms with van der Waals surface area (Å²) in [6, 6.07) is 14.3. The zero-order chi connectivity index (χ0) is 14.1. The number of hydrogen-bond donors (Lipinski definition) is 2. The second-order valence-corrected chi connectivity index (χ2v) is 4.81. The highest BCUT2D eigenvalue weighted by molar-refractivity contribution is 6.09. The number of rotatable bonds is 3. The van der Waals surface area contributed by atoms with Gasteiger partial charge in [-0.2, -0.15) is 0 Å². The first-order chi connectivity index (χ1) is 9.70. The quantitative estimate of drug-likeness (QED) is 0.700. The summed E-state index contributed by atoms with van der Waals surface area (Å²) < 4.78 is 0. The van der Waals surface area contributed by atoms with E-state index in [1.807, 2.05) is 31.3 Å². The molecule has 0 saturated carbocycles. The third-order valence-electron chi connectivity index (χ3n) is 3.58. The SMILES string of the molecule is CNc1ccc(-c2cccc3c(C(C)=O)c[nH]c23)cc1. The van der Waals surface area contributed by atoms with Gasteiger partial charge in [-0.15, -0.1) is 0 Å². The van der Waals surface area contributed by atoms with Crippen LogP contribution in [0.5, 0.6) is 0 Å². The maximum absolute atomic E-state index is 11.6. The van der Waals surface area contributed by atoms with Gasteiger partial charge in [-0.3, -0.25) is 4.79 Å². The molecule has 20 heavy (non-hydrogen) atoms. The van der Waals surface area contributed by atoms with Gasteiger partial charge >= 0.3 is 0 Å². The molecule has 3 nitrogen and oxygen atoms in total. The molecule has 1 aromatic heterocycles. The minimum atomic E-state index is 0.0823. The first kappa shape index (κ1) is 12.5. The van der Waals surface area contributed by atoms with Gasteiger partial charge in [-0.25, -0.2) is 0 Å². The van der Waals surface area contributed by atoms with Crippen molar-refractivity contribution in [3.63, 3.8) is 0 Å². The summed E-state index contributed by atoms with van der Waals surface area (Å²) in [5.41, 5.74) is 5.07. The van der Waals surface area contributed by atoms with Crippen LogP contribution in [0.15, 0.2) is 48.7 Å². The van der Waals surface area contributed by atoms with Gasteiger partial charge in [0.05, 0.1) is 5.52 Å². The summed E-state index contributed by atoms with van der Waals surface area (Å²) in [5, 5.41) is 4.09. The van der Waals surface area contributed by atoms with Crippen LogP contribution in [0.3, 0.4) is 0 Å². The maximum atomic E-state index is 11.6. The molecule has 0 atom stereocenters. The molecule has 3 rings (SSSR count). The Morgan fingerprint density at radius 2 is 1.85 bits per heavy atom. The number of para-hydroxylation sites is 1. The first-order valence-corrected chi connectivity index (χ1v) is 6.60. The third kappa shape index (κ3) is 1.97. The Morgan fingerprint density at radius 3 is 2.50 bits per heavy atom. The molecule has 0 bridgehead atoms. The standard InChI is InChI=1S/C17H16N2O/c1-11(20)16-10-19-17-14(4-3-5-15(16)17)12-6-8-13(18-2)9-7-12/h3-10,18-19H,1-2H3. The number of carbonyl (C=O) groups is 1. The topological polar surface area (TPSA) is 44.9 Å². The van der Waals surface area contributed by atoms with Gasteiger partial charge in [0, 0.05) is 35.4 Å². The molecule has 0 aliphatic carbocycles. The number of carbonyl (C=O) groups excluding carboxylic acids is 1. The summed E-state index contributed by atoms with van der Waals surface area (Å²) in [5.74, 6) is 0.0823. The molecule has 0 fully saturated rings. The number of aromatic nitrogens is 1. The van der Waals surface area contributed by atoms with Crippen LogP contribution in [-0.4, -0.2) is 17.8 Å². The van der Waals surface area contributed by atoms with Gasteiger partial charge in [0.2, 0.25) is 0 Å². The van der Waals surface area contributed by atoms with Crippen molar-refractivity contribution in [2.45, 2.75) is 6.92 Å². The van der Waals surface area contributed by atoms with Gasteiger partial charge in [0.15, 0.2) is 5.78 Å². The Hall–Kier alpha value is -2.55. The van der Waals surface area contributed by atoms with E-state index < -0.39 is 0 Å². The second-order valence-electron chi connectivity index (χ2n) is 4.81. The number of ketones is 1. The molecule has 0 unspecified atom stereocenters. The van der Waals surface area contributed by atoms with Gasteiger partial charge in [0.25, 0.3) is 0 Å². The van der Waals surface area contributed by atoms with Gasteiger partial charge in [0.1, 0.15) is 0 Å². The van der Waals surface area contributed by atoms with Gasteiger partial charge in [-0.1, -0.05) is 30.3 Å². The zero-order valence-electron chi connectivity index (χ0n) is 11.5. The summed E-state index contributed by atoms with van der Waals surface area (Å²) in [7, 11) is 1.90. The molecule has 0 saturated heterocycles. The van der Waals surface area contributed by atoms with E-state index in [0.29, 0.717) is 0 Å². The first-order valence-electron chi connectivity index (χ1n) is 6.60. The van der Waals surface area contributed by atoms with Crippen LogP contribution in [0.4, 0.5) is 5.69 Å². The summed E-state index contributed by atoms with van der Waals surface area (Å²) in [6.45, 7) is 1.59. The fourth-order valence-electron chi connectivity index (χ4n) is 2.50. The monoisotopic (exact) mass is 264 g/mol. The largest absolute Gasteiger partial charge is 0.388 e. The molecule has 0 aliphatic rings. The van der Waals surface area contributed by atoms with Crippen molar-refractivity contribution in [1.29, 1.82) is 0 Å². The summed E-state index contributed by atoms with van der Waals surface area (Å²) >= 11 is 0. The van der Waals surface area contributed by atoms with E-state index in [4.69, 9.17) is 0 Å². The molecule has 100 valence electrons. The van der Waals surface area contributed by atoms with Gasteiger partial charge < -0.3 is 10.3 Å². The van der Waals surface area contributed by atoms with Crippen LogP contribution in [-0.2, 0) is 0 Å². The predicted octanol–water partition coefficient (Wildman–Crippen LogP) is 4.08. The summed E-state index contributed by atoms with van der Waals surface area (Å²) in [4.78, 5) is 14.9. The lowest BCUT2D eigenvalue weighted by molar-refractivity contribution is 0.101. The molecule has 0 radical (unpaired) electrons. The number of H-pyrrole nitrogens is 1. The normalized spacial score (nSPS) is 10.7. The molecule has 2 aromatic carbocycles. The molecule has 3 aromatic rings. The molecule has 3 heteroatoms. The van der Waals surface area contributed by atoms with E-state index in [1.54, 1.807) is 13.1 Å². The van der Waals surface area contributed by atoms with Crippen LogP contribution < -0.4 is 5.32 Å². The molecule has 0 aliphatic heterocycles. The van der Waals surface area contributed by atoms with Crippen molar-refractivity contribution in [1.82, 2.24) is 4.98 Å². The highest BCUT2D eigenvalue weighted by Gasteiger charge is 2.11. The average Bonchev–Trinajstić information content (AvgIpc) is 2.91. The molecule has 1 heterocycles. The van der Waals surface area contributed by atoms with E-state index in [2.05, 4.69) is 28.5 Å². The lowest BCUT2D eigenvalue weighted by Crippen LogP contribution is -1.89. The minimum Gasteiger partial charge on any atom is -0.388 e. The number of benzene rings is 2. The highest BCUT2D eigenvalue weighted by atomic mass is 16.1. The summed E-state index contributed by atoms with van der Waals surface area (Å²) in [6.07, 6.45) is 1.79. The van der Waals surface area contributed by atoms with E-state index >= 15 is 0 Å². The van der Waals surface area contributed by atoms with E-state index in [-0.39, 0.29) is 5.78 Å². The van der Waals surface area contributed by atoms with Crippen LogP contribution in [0.25, 0.3) is 22.0 Å². The Morgan fingerprint density at radius 1 is 1.10 bits per heavy atom. The van der Waals surface area contributed by atoms with E-state index in [1.165, 1.54) is 0 Å². The number of aromatic amines is 1. The lowest BCUT2D eigenvalue weighted by atomic mass is 10.0. The van der Waals surface area contributed by atoms with Crippen molar-refractivity contribution in [2.75, 3.05) is 12.4 Å². The van der Waals surface area contributed by atoms with Crippen LogP contribution >= 0.6 is 0 Å². The zero-order valence-corrected chi connectivity index (χ0v) is 11.5. The van der Waals surface area contributed by atoms with Crippen molar-refractivity contribution in [2.24, 2.45) is 0 Å². The highest BCUT2D eigenvalue weighted by Crippen LogP contribution is 2.30. The van der Waals surface area contributed by atoms with Crippen LogP contribution in [0, 0.1) is 0 Å². The Labute approximate surface area is 117 Å². The van der Waals surface area contributed by atoms with Crippen LogP contribution in [0.1, 0.15) is 17.3 Å². The lowest BCUT2D eigenvalue weighted by Gasteiger charge is -2.06. The Bertz CT molecular complexity index is 769. The smallest absolute Gasteiger partial charge is 0.161 e. The van der Waals surface area contributed by atoms with Crippen LogP contribution in [0.2, 0.25) is 0 Å². The molecular formula is C17H16N2O. The minimum absolute atomic E-state index is 0.0823. The number of anilines is 1. The molecule has 0 amide bonds. The van der Waals surface area contributed by atoms with Crippen molar-refractivity contribution in [3.05, 3.63) is 54.2 Å². The number of nitrogens with one attached hydrogen (secondary N) is 2. The van der Waals surface area contributed by atoms with E-state index in [0.717, 1.165) is 33.3 Å². The maximum Gasteiger partial charge on any atom is 0.161 e. The van der Waals surface area contributed by atoms with Gasteiger partial charge in [-0.05, 0) is 24.6 Å². The van der Waals surface area contributed by atoms with Crippen molar-refractivity contribution in [3.8, 4) is 11.1 Å². The number of fused-ring (bicyclic) bond motifs is 1. The Kier molecular flexibility index (Phi) is 3.03. The number of hydrogen-bond acceptors (Lipinski definition) is 2. The number of Topliss-reactive ketones (excluding diaryl/α,β-unsaturated/α-hetero) is 1. The van der Waals surface area contributed by atoms with Crippen molar-refractivity contribution < 1.29 is 4.79 Å². The average molecular weight is 264 g/mol. The third-order valence-corrected chi connectivity index (χ3v) is 3.58. The fourth-order valence-corrected chi connectivity index (χ4v) is 2.50.